The molecule has 3 nitrogen and oxygen atoms in total. The maximum atomic E-state index is 13.5. The van der Waals surface area contributed by atoms with E-state index < -0.39 is 17.7 Å². The Labute approximate surface area is 111 Å². The lowest BCUT2D eigenvalue weighted by Gasteiger charge is -2.32. The molecule has 2 rings (SSSR count). The van der Waals surface area contributed by atoms with E-state index in [0.29, 0.717) is 6.54 Å². The van der Waals surface area contributed by atoms with Crippen LogP contribution in [0.4, 0.5) is 8.78 Å². The highest BCUT2D eigenvalue weighted by Gasteiger charge is 2.23. The molecule has 1 heterocycles. The van der Waals surface area contributed by atoms with Gasteiger partial charge in [-0.1, -0.05) is 12.1 Å². The summed E-state index contributed by atoms with van der Waals surface area (Å²) in [4.78, 5) is 2.05. The first-order valence-corrected chi connectivity index (χ1v) is 6.49. The number of aliphatic hydroxyl groups is 1. The fraction of sp³-hybridized carbons (Fsp3) is 0.571. The van der Waals surface area contributed by atoms with Gasteiger partial charge in [0.25, 0.3) is 0 Å². The van der Waals surface area contributed by atoms with Crippen LogP contribution in [0, 0.1) is 11.6 Å². The van der Waals surface area contributed by atoms with Gasteiger partial charge in [0.1, 0.15) is 0 Å². The molecule has 1 aliphatic rings. The summed E-state index contributed by atoms with van der Waals surface area (Å²) in [6.45, 7) is 1.91. The average molecular weight is 271 g/mol. The van der Waals surface area contributed by atoms with Crippen molar-refractivity contribution in [3.63, 3.8) is 0 Å². The summed E-state index contributed by atoms with van der Waals surface area (Å²) in [6, 6.07) is 3.88. The van der Waals surface area contributed by atoms with Gasteiger partial charge in [0.15, 0.2) is 11.6 Å². The largest absolute Gasteiger partial charge is 0.387 e. The third-order valence-electron chi connectivity index (χ3n) is 3.64. The van der Waals surface area contributed by atoms with E-state index in [2.05, 4.69) is 0 Å². The van der Waals surface area contributed by atoms with E-state index >= 15 is 0 Å². The van der Waals surface area contributed by atoms with Gasteiger partial charge in [-0.3, -0.25) is 0 Å². The maximum absolute atomic E-state index is 13.5. The molecule has 0 aromatic heterocycles. The average Bonchev–Trinajstić information content (AvgIpc) is 2.42. The Morgan fingerprint density at radius 3 is 2.68 bits per heavy atom. The van der Waals surface area contributed by atoms with E-state index in [1.807, 2.05) is 4.90 Å². The Hall–Kier alpha value is -1.04. The van der Waals surface area contributed by atoms with Crippen LogP contribution in [-0.4, -0.2) is 42.9 Å². The third kappa shape index (κ3) is 3.49. The van der Waals surface area contributed by atoms with Gasteiger partial charge in [0.05, 0.1) is 12.2 Å². The van der Waals surface area contributed by atoms with Gasteiger partial charge in [0, 0.05) is 32.3 Å². The fourth-order valence-electron chi connectivity index (χ4n) is 2.45. The molecule has 0 saturated carbocycles. The quantitative estimate of drug-likeness (QED) is 0.910. The summed E-state index contributed by atoms with van der Waals surface area (Å²) < 4.78 is 31.9. The molecule has 0 bridgehead atoms. The van der Waals surface area contributed by atoms with Crippen LogP contribution in [-0.2, 0) is 4.74 Å². The molecule has 1 aliphatic heterocycles. The highest BCUT2D eigenvalue weighted by molar-refractivity contribution is 5.21. The fourth-order valence-corrected chi connectivity index (χ4v) is 2.45. The van der Waals surface area contributed by atoms with Crippen LogP contribution in [0.2, 0.25) is 0 Å². The van der Waals surface area contributed by atoms with E-state index in [4.69, 9.17) is 4.74 Å². The predicted molar refractivity (Wildman–Crippen MR) is 67.8 cm³/mol. The van der Waals surface area contributed by atoms with Crippen molar-refractivity contribution in [1.82, 2.24) is 4.90 Å². The molecule has 1 atom stereocenters. The van der Waals surface area contributed by atoms with Gasteiger partial charge in [0.2, 0.25) is 0 Å². The van der Waals surface area contributed by atoms with Gasteiger partial charge in [-0.2, -0.15) is 0 Å². The van der Waals surface area contributed by atoms with Crippen LogP contribution >= 0.6 is 0 Å². The lowest BCUT2D eigenvalue weighted by molar-refractivity contribution is 0.0236. The number of piperidine rings is 1. The van der Waals surface area contributed by atoms with Crippen molar-refractivity contribution in [2.75, 3.05) is 26.7 Å². The molecule has 5 heteroatoms. The summed E-state index contributed by atoms with van der Waals surface area (Å²) >= 11 is 0. The molecule has 0 amide bonds. The van der Waals surface area contributed by atoms with Crippen LogP contribution in [0.3, 0.4) is 0 Å². The smallest absolute Gasteiger partial charge is 0.164 e. The van der Waals surface area contributed by atoms with E-state index in [1.54, 1.807) is 7.11 Å². The molecule has 0 aliphatic carbocycles. The summed E-state index contributed by atoms with van der Waals surface area (Å²) in [6.07, 6.45) is 1.05. The number of benzene rings is 1. The Morgan fingerprint density at radius 2 is 2.05 bits per heavy atom. The van der Waals surface area contributed by atoms with Crippen LogP contribution in [0.15, 0.2) is 18.2 Å². The number of nitrogens with zero attached hydrogens (tertiary/aromatic N) is 1. The number of hydrogen-bond acceptors (Lipinski definition) is 3. The molecule has 0 radical (unpaired) electrons. The first kappa shape index (κ1) is 14.4. The minimum atomic E-state index is -1.00. The van der Waals surface area contributed by atoms with Gasteiger partial charge in [-0.05, 0) is 18.9 Å². The summed E-state index contributed by atoms with van der Waals surface area (Å²) in [7, 11) is 1.69. The minimum absolute atomic E-state index is 0.0221. The number of methoxy groups -OCH3 is 1. The Morgan fingerprint density at radius 1 is 1.37 bits per heavy atom. The maximum Gasteiger partial charge on any atom is 0.164 e. The zero-order valence-electron chi connectivity index (χ0n) is 11.0. The number of rotatable bonds is 4. The third-order valence-corrected chi connectivity index (χ3v) is 3.64. The predicted octanol–water partition coefficient (Wildman–Crippen LogP) is 2.11. The molecule has 1 unspecified atom stereocenters. The summed E-state index contributed by atoms with van der Waals surface area (Å²) in [5, 5.41) is 10.0. The van der Waals surface area contributed by atoms with Crippen LogP contribution in [0.1, 0.15) is 24.5 Å². The Kier molecular flexibility index (Phi) is 4.85. The number of hydrogen-bond donors (Lipinski definition) is 1. The second-order valence-electron chi connectivity index (χ2n) is 4.89. The number of halogens is 2. The van der Waals surface area contributed by atoms with Gasteiger partial charge >= 0.3 is 0 Å². The summed E-state index contributed by atoms with van der Waals surface area (Å²) in [5.74, 6) is -1.88. The monoisotopic (exact) mass is 271 g/mol. The van der Waals surface area contributed by atoms with Gasteiger partial charge in [-0.25, -0.2) is 8.78 Å². The molecule has 1 fully saturated rings. The van der Waals surface area contributed by atoms with Crippen molar-refractivity contribution in [3.8, 4) is 0 Å². The van der Waals surface area contributed by atoms with Gasteiger partial charge < -0.3 is 14.7 Å². The van der Waals surface area contributed by atoms with E-state index in [0.717, 1.165) is 32.0 Å². The van der Waals surface area contributed by atoms with Gasteiger partial charge in [-0.15, -0.1) is 0 Å². The lowest BCUT2D eigenvalue weighted by atomic mass is 10.0. The van der Waals surface area contributed by atoms with Crippen molar-refractivity contribution in [2.24, 2.45) is 0 Å². The molecule has 0 spiro atoms. The molecule has 1 aromatic carbocycles. The molecule has 106 valence electrons. The Balaban J connectivity index is 1.94. The topological polar surface area (TPSA) is 32.7 Å². The Bertz CT molecular complexity index is 420. The molecule has 1 saturated heterocycles. The van der Waals surface area contributed by atoms with Crippen molar-refractivity contribution in [3.05, 3.63) is 35.4 Å². The van der Waals surface area contributed by atoms with Crippen molar-refractivity contribution in [2.45, 2.75) is 25.0 Å². The molecule has 1 aromatic rings. The number of ether oxygens (including phenoxy) is 1. The molecule has 1 N–H and O–H groups in total. The zero-order chi connectivity index (χ0) is 13.8. The second-order valence-corrected chi connectivity index (χ2v) is 4.89. The van der Waals surface area contributed by atoms with Crippen LogP contribution < -0.4 is 0 Å². The molecular weight excluding hydrogens is 252 g/mol. The minimum Gasteiger partial charge on any atom is -0.387 e. The standard InChI is InChI=1S/C14H19F2NO2/c1-19-10-5-7-17(8-6-10)9-13(18)11-3-2-4-12(15)14(11)16/h2-4,10,13,18H,5-9H2,1H3. The summed E-state index contributed by atoms with van der Waals surface area (Å²) in [5.41, 5.74) is 0.0221. The van der Waals surface area contributed by atoms with E-state index in [1.165, 1.54) is 12.1 Å². The first-order valence-electron chi connectivity index (χ1n) is 6.49. The number of likely N-dealkylation sites (tertiary alicyclic amines) is 1. The lowest BCUT2D eigenvalue weighted by Crippen LogP contribution is -2.39. The number of aliphatic hydroxyl groups excluding tert-OH is 1. The first-order chi connectivity index (χ1) is 9.11. The molecular formula is C14H19F2NO2. The van der Waals surface area contributed by atoms with Crippen LogP contribution in [0.25, 0.3) is 0 Å². The molecule has 19 heavy (non-hydrogen) atoms. The SMILES string of the molecule is COC1CCN(CC(O)c2cccc(F)c2F)CC1. The van der Waals surface area contributed by atoms with Crippen LogP contribution in [0.5, 0.6) is 0 Å². The second kappa shape index (κ2) is 6.41. The van der Waals surface area contributed by atoms with E-state index in [9.17, 15) is 13.9 Å². The van der Waals surface area contributed by atoms with Crippen molar-refractivity contribution in [1.29, 1.82) is 0 Å². The van der Waals surface area contributed by atoms with Crippen molar-refractivity contribution >= 4 is 0 Å². The highest BCUT2D eigenvalue weighted by atomic mass is 19.2. The number of β-amino-alcohol motifs (C(OH)–C–C–N with tert-alkyl or cyclic N) is 1. The zero-order valence-corrected chi connectivity index (χ0v) is 11.0. The normalized spacial score (nSPS) is 19.6. The highest BCUT2D eigenvalue weighted by Crippen LogP contribution is 2.22. The van der Waals surface area contributed by atoms with Crippen molar-refractivity contribution < 1.29 is 18.6 Å². The van der Waals surface area contributed by atoms with E-state index in [-0.39, 0.29) is 11.7 Å².